The first-order valence-electron chi connectivity index (χ1n) is 12.2. The molecule has 4 heteroatoms. The summed E-state index contributed by atoms with van der Waals surface area (Å²) in [6.07, 6.45) is 8.03. The molecule has 2 aliphatic rings. The van der Waals surface area contributed by atoms with Crippen LogP contribution in [0.15, 0.2) is 24.3 Å². The van der Waals surface area contributed by atoms with Crippen molar-refractivity contribution in [3.8, 4) is 0 Å². The van der Waals surface area contributed by atoms with Crippen molar-refractivity contribution in [3.05, 3.63) is 52.3 Å². The van der Waals surface area contributed by atoms with Gasteiger partial charge in [-0.3, -0.25) is 14.5 Å². The number of hydrogen-bond donors (Lipinski definition) is 0. The minimum atomic E-state index is 0.828. The maximum Gasteiger partial charge on any atom is 0.0641 e. The van der Waals surface area contributed by atoms with Crippen LogP contribution in [0.5, 0.6) is 0 Å². The number of rotatable bonds is 7. The Balaban J connectivity index is 1.24. The predicted molar refractivity (Wildman–Crippen MR) is 125 cm³/mol. The maximum atomic E-state index is 4.70. The minimum absolute atomic E-state index is 0.828. The van der Waals surface area contributed by atoms with Crippen LogP contribution in [-0.4, -0.2) is 45.8 Å². The summed E-state index contributed by atoms with van der Waals surface area (Å²) < 4.78 is 2.15. The Kier molecular flexibility index (Phi) is 7.27. The first-order valence-corrected chi connectivity index (χ1v) is 12.2. The number of benzene rings is 1. The van der Waals surface area contributed by atoms with E-state index in [-0.39, 0.29) is 0 Å². The highest BCUT2D eigenvalue weighted by Gasteiger charge is 2.22. The van der Waals surface area contributed by atoms with Gasteiger partial charge in [-0.2, -0.15) is 5.10 Å². The third-order valence-corrected chi connectivity index (χ3v) is 7.32. The van der Waals surface area contributed by atoms with Crippen LogP contribution in [0.1, 0.15) is 67.1 Å². The average Bonchev–Trinajstić information content (AvgIpc) is 3.05. The summed E-state index contributed by atoms with van der Waals surface area (Å²) in [4.78, 5) is 5.25. The molecule has 4 rings (SSSR count). The van der Waals surface area contributed by atoms with Crippen LogP contribution in [-0.2, 0) is 26.1 Å². The number of likely N-dealkylation sites (tertiary alicyclic amines) is 2. The van der Waals surface area contributed by atoms with Crippen molar-refractivity contribution in [1.82, 2.24) is 19.6 Å². The number of nitrogens with zero attached hydrogens (tertiary/aromatic N) is 4. The molecular formula is C26H40N4. The lowest BCUT2D eigenvalue weighted by Crippen LogP contribution is -2.34. The summed E-state index contributed by atoms with van der Waals surface area (Å²) in [7, 11) is 0. The molecule has 0 atom stereocenters. The summed E-state index contributed by atoms with van der Waals surface area (Å²) in [5, 5.41) is 4.70. The lowest BCUT2D eigenvalue weighted by Gasteiger charge is -2.32. The van der Waals surface area contributed by atoms with E-state index in [1.165, 1.54) is 92.8 Å². The highest BCUT2D eigenvalue weighted by Crippen LogP contribution is 2.25. The van der Waals surface area contributed by atoms with Crippen LogP contribution in [0.3, 0.4) is 0 Å². The second-order valence-electron chi connectivity index (χ2n) is 9.54. The van der Waals surface area contributed by atoms with E-state index in [9.17, 15) is 0 Å². The van der Waals surface area contributed by atoms with Crippen molar-refractivity contribution in [2.24, 2.45) is 5.92 Å². The average molecular weight is 409 g/mol. The molecule has 0 unspecified atom stereocenters. The highest BCUT2D eigenvalue weighted by atomic mass is 15.3. The molecule has 0 saturated carbocycles. The van der Waals surface area contributed by atoms with E-state index < -0.39 is 0 Å². The van der Waals surface area contributed by atoms with E-state index in [2.05, 4.69) is 59.5 Å². The molecule has 1 aromatic carbocycles. The molecule has 0 N–H and O–H groups in total. The van der Waals surface area contributed by atoms with Gasteiger partial charge in [-0.15, -0.1) is 0 Å². The Morgan fingerprint density at radius 2 is 1.47 bits per heavy atom. The van der Waals surface area contributed by atoms with E-state index in [1.807, 2.05) is 0 Å². The van der Waals surface area contributed by atoms with E-state index >= 15 is 0 Å². The molecular weight excluding hydrogens is 368 g/mol. The quantitative estimate of drug-likeness (QED) is 0.647. The summed E-state index contributed by atoms with van der Waals surface area (Å²) >= 11 is 0. The number of aryl methyl sites for hydroxylation is 2. The van der Waals surface area contributed by atoms with E-state index in [1.54, 1.807) is 0 Å². The van der Waals surface area contributed by atoms with Crippen LogP contribution in [0.2, 0.25) is 0 Å². The molecule has 3 heterocycles. The van der Waals surface area contributed by atoms with Gasteiger partial charge in [-0.25, -0.2) is 0 Å². The second kappa shape index (κ2) is 10.1. The van der Waals surface area contributed by atoms with Crippen molar-refractivity contribution in [3.63, 3.8) is 0 Å². The Labute approximate surface area is 183 Å². The maximum absolute atomic E-state index is 4.70. The van der Waals surface area contributed by atoms with Gasteiger partial charge in [0.1, 0.15) is 0 Å². The third kappa shape index (κ3) is 5.33. The summed E-state index contributed by atoms with van der Waals surface area (Å²) in [6.45, 7) is 14.7. The highest BCUT2D eigenvalue weighted by molar-refractivity contribution is 5.25. The lowest BCUT2D eigenvalue weighted by atomic mass is 9.89. The van der Waals surface area contributed by atoms with Gasteiger partial charge in [-0.1, -0.05) is 30.7 Å². The summed E-state index contributed by atoms with van der Waals surface area (Å²) in [6, 6.07) is 9.51. The Morgan fingerprint density at radius 3 is 2.10 bits per heavy atom. The van der Waals surface area contributed by atoms with Crippen LogP contribution in [0.25, 0.3) is 0 Å². The first-order chi connectivity index (χ1) is 14.6. The van der Waals surface area contributed by atoms with Gasteiger partial charge in [0, 0.05) is 30.9 Å². The van der Waals surface area contributed by atoms with E-state index in [0.717, 1.165) is 25.6 Å². The molecule has 0 amide bonds. The zero-order valence-corrected chi connectivity index (χ0v) is 19.4. The molecule has 4 nitrogen and oxygen atoms in total. The van der Waals surface area contributed by atoms with Crippen molar-refractivity contribution in [2.45, 2.75) is 78.9 Å². The van der Waals surface area contributed by atoms with Gasteiger partial charge in [0.15, 0.2) is 0 Å². The zero-order chi connectivity index (χ0) is 20.9. The first kappa shape index (κ1) is 21.6. The smallest absolute Gasteiger partial charge is 0.0641 e. The number of hydrogen-bond acceptors (Lipinski definition) is 3. The number of aromatic nitrogens is 2. The second-order valence-corrected chi connectivity index (χ2v) is 9.54. The van der Waals surface area contributed by atoms with Crippen LogP contribution in [0.4, 0.5) is 0 Å². The molecule has 2 saturated heterocycles. The molecule has 1 aromatic heterocycles. The fraction of sp³-hybridized carbons (Fsp3) is 0.654. The van der Waals surface area contributed by atoms with Crippen LogP contribution < -0.4 is 0 Å². The molecule has 164 valence electrons. The van der Waals surface area contributed by atoms with Crippen LogP contribution in [0, 0.1) is 19.8 Å². The normalized spacial score (nSPS) is 19.4. The van der Waals surface area contributed by atoms with Crippen molar-refractivity contribution >= 4 is 0 Å². The predicted octanol–water partition coefficient (Wildman–Crippen LogP) is 4.96. The standard InChI is InChI=1S/C26H40N4/c1-4-30-22(3)26(21(2)27-30)20-29-16-12-24(13-17-29)18-23-8-10-25(11-9-23)19-28-14-6-5-7-15-28/h8-11,24H,4-7,12-20H2,1-3H3. The van der Waals surface area contributed by atoms with Crippen molar-refractivity contribution < 1.29 is 0 Å². The third-order valence-electron chi connectivity index (χ3n) is 7.32. The van der Waals surface area contributed by atoms with Gasteiger partial charge < -0.3 is 0 Å². The Morgan fingerprint density at radius 1 is 0.833 bits per heavy atom. The molecule has 30 heavy (non-hydrogen) atoms. The molecule has 0 bridgehead atoms. The van der Waals surface area contributed by atoms with Gasteiger partial charge in [-0.05, 0) is 96.1 Å². The fourth-order valence-corrected chi connectivity index (χ4v) is 5.33. The molecule has 2 aliphatic heterocycles. The fourth-order valence-electron chi connectivity index (χ4n) is 5.33. The molecule has 0 aliphatic carbocycles. The van der Waals surface area contributed by atoms with E-state index in [0.29, 0.717) is 0 Å². The van der Waals surface area contributed by atoms with Crippen molar-refractivity contribution in [2.75, 3.05) is 26.2 Å². The van der Waals surface area contributed by atoms with Crippen LogP contribution >= 0.6 is 0 Å². The monoisotopic (exact) mass is 408 g/mol. The zero-order valence-electron chi connectivity index (χ0n) is 19.4. The van der Waals surface area contributed by atoms with Gasteiger partial charge in [0.25, 0.3) is 0 Å². The summed E-state index contributed by atoms with van der Waals surface area (Å²) in [5.74, 6) is 0.828. The SMILES string of the molecule is CCn1nc(C)c(CN2CCC(Cc3ccc(CN4CCCCC4)cc3)CC2)c1C. The number of piperidine rings is 2. The van der Waals surface area contributed by atoms with E-state index in [4.69, 9.17) is 5.10 Å². The molecule has 2 aromatic rings. The molecule has 0 radical (unpaired) electrons. The Bertz CT molecular complexity index is 793. The minimum Gasteiger partial charge on any atom is -0.299 e. The van der Waals surface area contributed by atoms with Crippen molar-refractivity contribution in [1.29, 1.82) is 0 Å². The molecule has 2 fully saturated rings. The topological polar surface area (TPSA) is 24.3 Å². The Hall–Kier alpha value is -1.65. The molecule has 0 spiro atoms. The van der Waals surface area contributed by atoms with Gasteiger partial charge in [0.2, 0.25) is 0 Å². The largest absolute Gasteiger partial charge is 0.299 e. The summed E-state index contributed by atoms with van der Waals surface area (Å²) in [5.41, 5.74) is 7.00. The van der Waals surface area contributed by atoms with Gasteiger partial charge >= 0.3 is 0 Å². The van der Waals surface area contributed by atoms with Gasteiger partial charge in [0.05, 0.1) is 5.69 Å². The lowest BCUT2D eigenvalue weighted by molar-refractivity contribution is 0.176.